The summed E-state index contributed by atoms with van der Waals surface area (Å²) >= 11 is 0. The monoisotopic (exact) mass is 413 g/mol. The van der Waals surface area contributed by atoms with E-state index in [9.17, 15) is 18.7 Å². The topological polar surface area (TPSA) is 122 Å². The highest BCUT2D eigenvalue weighted by Gasteiger charge is 2.33. The van der Waals surface area contributed by atoms with Crippen molar-refractivity contribution >= 4 is 17.7 Å². The first-order valence-electron chi connectivity index (χ1n) is 10.1. The lowest BCUT2D eigenvalue weighted by Crippen LogP contribution is -2.41. The number of aromatic nitrogens is 2. The van der Waals surface area contributed by atoms with Gasteiger partial charge in [0.2, 0.25) is 5.95 Å². The maximum Gasteiger partial charge on any atom is 0.345 e. The third kappa shape index (κ3) is 5.96. The molecule has 0 aliphatic heterocycles. The summed E-state index contributed by atoms with van der Waals surface area (Å²) in [7, 11) is 0. The van der Waals surface area contributed by atoms with E-state index in [1.807, 2.05) is 6.92 Å². The van der Waals surface area contributed by atoms with E-state index in [0.29, 0.717) is 43.9 Å². The SMILES string of the molecule is C[C@]1(Nc2ncc(C(N)=O)c(N[C@@H]3CCC[C@H](O)C3)n2)CC[C@@H](OC(F)F)CC1. The van der Waals surface area contributed by atoms with Gasteiger partial charge in [0.25, 0.3) is 5.91 Å². The van der Waals surface area contributed by atoms with Crippen LogP contribution in [0.4, 0.5) is 20.5 Å². The van der Waals surface area contributed by atoms with Crippen molar-refractivity contribution in [1.29, 1.82) is 0 Å². The Balaban J connectivity index is 1.69. The summed E-state index contributed by atoms with van der Waals surface area (Å²) < 4.78 is 29.4. The number of aliphatic hydroxyl groups is 1. The molecule has 0 spiro atoms. The maximum atomic E-state index is 12.4. The Labute approximate surface area is 168 Å². The molecule has 0 bridgehead atoms. The van der Waals surface area contributed by atoms with Gasteiger partial charge in [-0.3, -0.25) is 4.79 Å². The van der Waals surface area contributed by atoms with Gasteiger partial charge in [-0.2, -0.15) is 13.8 Å². The molecule has 2 aliphatic carbocycles. The van der Waals surface area contributed by atoms with Crippen molar-refractivity contribution in [1.82, 2.24) is 9.97 Å². The lowest BCUT2D eigenvalue weighted by molar-refractivity contribution is -0.171. The molecule has 10 heteroatoms. The van der Waals surface area contributed by atoms with Gasteiger partial charge >= 0.3 is 6.61 Å². The molecule has 0 saturated heterocycles. The van der Waals surface area contributed by atoms with E-state index >= 15 is 0 Å². The third-order valence-corrected chi connectivity index (χ3v) is 5.79. The highest BCUT2D eigenvalue weighted by atomic mass is 19.3. The molecule has 5 N–H and O–H groups in total. The second-order valence-electron chi connectivity index (χ2n) is 8.26. The van der Waals surface area contributed by atoms with Crippen LogP contribution in [0.25, 0.3) is 0 Å². The number of halogens is 2. The van der Waals surface area contributed by atoms with Crippen LogP contribution in [0.3, 0.4) is 0 Å². The molecule has 0 radical (unpaired) electrons. The average Bonchev–Trinajstić information content (AvgIpc) is 2.63. The normalized spacial score (nSPS) is 30.2. The Morgan fingerprint density at radius 3 is 2.69 bits per heavy atom. The summed E-state index contributed by atoms with van der Waals surface area (Å²) in [5, 5.41) is 16.4. The Morgan fingerprint density at radius 2 is 2.07 bits per heavy atom. The molecule has 0 unspecified atom stereocenters. The van der Waals surface area contributed by atoms with E-state index in [2.05, 4.69) is 25.3 Å². The molecular weight excluding hydrogens is 384 g/mol. The Hall–Kier alpha value is -2.07. The molecule has 3 rings (SSSR count). The average molecular weight is 413 g/mol. The number of nitrogens with one attached hydrogen (secondary N) is 2. The van der Waals surface area contributed by atoms with Crippen LogP contribution in [0, 0.1) is 0 Å². The van der Waals surface area contributed by atoms with Crippen LogP contribution >= 0.6 is 0 Å². The number of nitrogens with two attached hydrogens (primary N) is 1. The minimum Gasteiger partial charge on any atom is -0.393 e. The van der Waals surface area contributed by atoms with E-state index in [0.717, 1.165) is 19.3 Å². The number of rotatable bonds is 7. The van der Waals surface area contributed by atoms with Crippen LogP contribution < -0.4 is 16.4 Å². The highest BCUT2D eigenvalue weighted by Crippen LogP contribution is 2.33. The van der Waals surface area contributed by atoms with Crippen molar-refractivity contribution in [3.8, 4) is 0 Å². The fourth-order valence-corrected chi connectivity index (χ4v) is 4.13. The number of hydrogen-bond donors (Lipinski definition) is 4. The molecule has 1 aromatic rings. The number of amides is 1. The number of alkyl halides is 2. The van der Waals surface area contributed by atoms with Crippen LogP contribution in [0.2, 0.25) is 0 Å². The first-order chi connectivity index (χ1) is 13.7. The quantitative estimate of drug-likeness (QED) is 0.542. The predicted octanol–water partition coefficient (Wildman–Crippen LogP) is 2.64. The molecule has 1 heterocycles. The molecule has 29 heavy (non-hydrogen) atoms. The van der Waals surface area contributed by atoms with Crippen LogP contribution in [-0.4, -0.2) is 51.4 Å². The standard InChI is InChI=1S/C19H29F2N5O3/c1-19(7-5-13(6-8-19)29-17(20)21)26-18-23-10-14(15(22)28)16(25-18)24-11-3-2-4-12(27)9-11/h10-13,17,27H,2-9H2,1H3,(H2,22,28)(H2,23,24,25,26)/t11-,12+,13-,19+/m1/s1. The molecule has 2 aliphatic rings. The zero-order valence-electron chi connectivity index (χ0n) is 16.5. The highest BCUT2D eigenvalue weighted by molar-refractivity contribution is 5.97. The minimum absolute atomic E-state index is 0.00267. The summed E-state index contributed by atoms with van der Waals surface area (Å²) in [5.41, 5.74) is 5.28. The van der Waals surface area contributed by atoms with Crippen molar-refractivity contribution in [3.05, 3.63) is 11.8 Å². The Bertz CT molecular complexity index is 713. The number of nitrogens with zero attached hydrogens (tertiary/aromatic N) is 2. The van der Waals surface area contributed by atoms with Gasteiger partial charge in [-0.1, -0.05) is 0 Å². The smallest absolute Gasteiger partial charge is 0.345 e. The number of carbonyl (C=O) groups excluding carboxylic acids is 1. The molecule has 162 valence electrons. The third-order valence-electron chi connectivity index (χ3n) is 5.79. The van der Waals surface area contributed by atoms with E-state index in [4.69, 9.17) is 5.73 Å². The summed E-state index contributed by atoms with van der Waals surface area (Å²) in [4.78, 5) is 20.4. The zero-order chi connectivity index (χ0) is 21.0. The van der Waals surface area contributed by atoms with Crippen molar-refractivity contribution < 1.29 is 23.4 Å². The van der Waals surface area contributed by atoms with Crippen LogP contribution in [0.1, 0.15) is 68.6 Å². The molecule has 1 aromatic heterocycles. The summed E-state index contributed by atoms with van der Waals surface area (Å²) in [6.45, 7) is -0.768. The van der Waals surface area contributed by atoms with Crippen molar-refractivity contribution in [3.63, 3.8) is 0 Å². The second kappa shape index (κ2) is 9.17. The van der Waals surface area contributed by atoms with Crippen LogP contribution in [-0.2, 0) is 4.74 Å². The lowest BCUT2D eigenvalue weighted by atomic mass is 9.82. The summed E-state index contributed by atoms with van der Waals surface area (Å²) in [6, 6.07) is -0.00267. The largest absolute Gasteiger partial charge is 0.393 e. The van der Waals surface area contributed by atoms with Gasteiger partial charge in [-0.25, -0.2) is 4.98 Å². The van der Waals surface area contributed by atoms with Crippen molar-refractivity contribution in [2.24, 2.45) is 5.73 Å². The Kier molecular flexibility index (Phi) is 6.84. The number of primary amides is 1. The second-order valence-corrected chi connectivity index (χ2v) is 8.26. The number of aliphatic hydroxyl groups excluding tert-OH is 1. The zero-order valence-corrected chi connectivity index (χ0v) is 16.5. The Morgan fingerprint density at radius 1 is 1.34 bits per heavy atom. The van der Waals surface area contributed by atoms with Gasteiger partial charge in [0, 0.05) is 17.8 Å². The van der Waals surface area contributed by atoms with Gasteiger partial charge in [0.1, 0.15) is 5.82 Å². The van der Waals surface area contributed by atoms with E-state index in [1.54, 1.807) is 0 Å². The lowest BCUT2D eigenvalue weighted by Gasteiger charge is -2.38. The number of ether oxygens (including phenoxy) is 1. The van der Waals surface area contributed by atoms with Gasteiger partial charge in [-0.15, -0.1) is 0 Å². The van der Waals surface area contributed by atoms with Crippen LogP contribution in [0.15, 0.2) is 6.20 Å². The molecule has 2 fully saturated rings. The van der Waals surface area contributed by atoms with Crippen LogP contribution in [0.5, 0.6) is 0 Å². The number of carbonyl (C=O) groups is 1. The van der Waals surface area contributed by atoms with E-state index in [1.165, 1.54) is 6.20 Å². The van der Waals surface area contributed by atoms with Gasteiger partial charge < -0.3 is 26.2 Å². The number of anilines is 2. The molecular formula is C19H29F2N5O3. The van der Waals surface area contributed by atoms with Gasteiger partial charge in [0.15, 0.2) is 0 Å². The van der Waals surface area contributed by atoms with Crippen molar-refractivity contribution in [2.45, 2.75) is 88.7 Å². The maximum absolute atomic E-state index is 12.4. The van der Waals surface area contributed by atoms with E-state index < -0.39 is 18.6 Å². The number of hydrogen-bond acceptors (Lipinski definition) is 7. The van der Waals surface area contributed by atoms with Crippen molar-refractivity contribution in [2.75, 3.05) is 10.6 Å². The fraction of sp³-hybridized carbons (Fsp3) is 0.737. The minimum atomic E-state index is -2.76. The molecule has 2 atom stereocenters. The molecule has 8 nitrogen and oxygen atoms in total. The van der Waals surface area contributed by atoms with E-state index in [-0.39, 0.29) is 23.2 Å². The fourth-order valence-electron chi connectivity index (χ4n) is 4.13. The van der Waals surface area contributed by atoms with Gasteiger partial charge in [0.05, 0.1) is 17.8 Å². The summed E-state index contributed by atoms with van der Waals surface area (Å²) in [5.74, 6) is 0.0447. The first kappa shape index (κ1) is 21.6. The molecule has 0 aromatic carbocycles. The summed E-state index contributed by atoms with van der Waals surface area (Å²) in [6.07, 6.45) is 5.95. The molecule has 1 amide bonds. The first-order valence-corrected chi connectivity index (χ1v) is 10.1. The molecule has 2 saturated carbocycles. The predicted molar refractivity (Wildman–Crippen MR) is 104 cm³/mol. The van der Waals surface area contributed by atoms with Gasteiger partial charge in [-0.05, 0) is 58.3 Å².